The van der Waals surface area contributed by atoms with Crippen molar-refractivity contribution in [2.45, 2.75) is 18.4 Å². The predicted molar refractivity (Wildman–Crippen MR) is 73.0 cm³/mol. The molecule has 0 saturated heterocycles. The Morgan fingerprint density at radius 2 is 2.05 bits per heavy atom. The highest BCUT2D eigenvalue weighted by molar-refractivity contribution is 7.92. The first kappa shape index (κ1) is 14.1. The van der Waals surface area contributed by atoms with Crippen molar-refractivity contribution in [1.29, 1.82) is 0 Å². The SMILES string of the molecule is CCn1cc(S(=O)(=O)Nc2cc(Cl)c(Cl)cn2)cn1. The molecule has 9 heteroatoms. The van der Waals surface area contributed by atoms with Gasteiger partial charge in [0.15, 0.2) is 0 Å². The van der Waals surface area contributed by atoms with Gasteiger partial charge in [0, 0.05) is 25.0 Å². The average Bonchev–Trinajstić information content (AvgIpc) is 2.83. The summed E-state index contributed by atoms with van der Waals surface area (Å²) in [5, 5.41) is 4.38. The Hall–Kier alpha value is -1.31. The molecule has 0 aliphatic carbocycles. The molecule has 102 valence electrons. The summed E-state index contributed by atoms with van der Waals surface area (Å²) >= 11 is 11.5. The van der Waals surface area contributed by atoms with Crippen LogP contribution in [-0.4, -0.2) is 23.2 Å². The molecule has 19 heavy (non-hydrogen) atoms. The number of nitrogens with zero attached hydrogens (tertiary/aromatic N) is 3. The predicted octanol–water partition coefficient (Wildman–Crippen LogP) is 2.41. The maximum Gasteiger partial charge on any atom is 0.266 e. The van der Waals surface area contributed by atoms with Crippen molar-refractivity contribution in [1.82, 2.24) is 14.8 Å². The molecular weight excluding hydrogens is 311 g/mol. The molecule has 0 aromatic carbocycles. The largest absolute Gasteiger partial charge is 0.272 e. The zero-order chi connectivity index (χ0) is 14.0. The maximum absolute atomic E-state index is 12.0. The lowest BCUT2D eigenvalue weighted by Gasteiger charge is -2.05. The van der Waals surface area contributed by atoms with Crippen molar-refractivity contribution in [2.24, 2.45) is 0 Å². The first-order chi connectivity index (χ1) is 8.92. The summed E-state index contributed by atoms with van der Waals surface area (Å²) in [6, 6.07) is 1.34. The molecule has 0 spiro atoms. The average molecular weight is 321 g/mol. The highest BCUT2D eigenvalue weighted by Crippen LogP contribution is 2.24. The third-order valence-electron chi connectivity index (χ3n) is 2.29. The first-order valence-electron chi connectivity index (χ1n) is 5.28. The smallest absolute Gasteiger partial charge is 0.266 e. The van der Waals surface area contributed by atoms with E-state index in [1.807, 2.05) is 6.92 Å². The minimum Gasteiger partial charge on any atom is -0.272 e. The molecule has 0 fully saturated rings. The monoisotopic (exact) mass is 320 g/mol. The van der Waals surface area contributed by atoms with Gasteiger partial charge in [0.2, 0.25) is 0 Å². The van der Waals surface area contributed by atoms with Crippen LogP contribution in [-0.2, 0) is 16.6 Å². The van der Waals surface area contributed by atoms with E-state index in [0.717, 1.165) is 0 Å². The van der Waals surface area contributed by atoms with Crippen LogP contribution >= 0.6 is 23.2 Å². The maximum atomic E-state index is 12.0. The van der Waals surface area contributed by atoms with E-state index < -0.39 is 10.0 Å². The van der Waals surface area contributed by atoms with Crippen LogP contribution in [0.4, 0.5) is 5.82 Å². The molecule has 0 atom stereocenters. The molecule has 2 rings (SSSR count). The van der Waals surface area contributed by atoms with Crippen LogP contribution in [0.25, 0.3) is 0 Å². The molecular formula is C10H10Cl2N4O2S. The number of nitrogens with one attached hydrogen (secondary N) is 1. The van der Waals surface area contributed by atoms with E-state index in [1.165, 1.54) is 29.3 Å². The van der Waals surface area contributed by atoms with Crippen LogP contribution in [0.5, 0.6) is 0 Å². The van der Waals surface area contributed by atoms with Crippen LogP contribution in [0.15, 0.2) is 29.6 Å². The molecule has 0 aliphatic heterocycles. The second-order valence-electron chi connectivity index (χ2n) is 3.62. The quantitative estimate of drug-likeness (QED) is 0.938. The van der Waals surface area contributed by atoms with Crippen molar-refractivity contribution in [3.63, 3.8) is 0 Å². The Morgan fingerprint density at radius 3 is 2.63 bits per heavy atom. The molecule has 2 aromatic heterocycles. The Morgan fingerprint density at radius 1 is 1.32 bits per heavy atom. The second-order valence-corrected chi connectivity index (χ2v) is 6.12. The Kier molecular flexibility index (Phi) is 3.98. The summed E-state index contributed by atoms with van der Waals surface area (Å²) in [6.07, 6.45) is 3.97. The van der Waals surface area contributed by atoms with E-state index in [-0.39, 0.29) is 20.8 Å². The molecule has 0 saturated carbocycles. The van der Waals surface area contributed by atoms with Gasteiger partial charge in [-0.15, -0.1) is 0 Å². The van der Waals surface area contributed by atoms with E-state index >= 15 is 0 Å². The highest BCUT2D eigenvalue weighted by atomic mass is 35.5. The van der Waals surface area contributed by atoms with Crippen molar-refractivity contribution >= 4 is 39.0 Å². The molecule has 6 nitrogen and oxygen atoms in total. The lowest BCUT2D eigenvalue weighted by atomic mass is 10.5. The summed E-state index contributed by atoms with van der Waals surface area (Å²) in [5.41, 5.74) is 0. The van der Waals surface area contributed by atoms with Gasteiger partial charge in [-0.3, -0.25) is 9.40 Å². The molecule has 0 radical (unpaired) electrons. The first-order valence-corrected chi connectivity index (χ1v) is 7.52. The fraction of sp³-hybridized carbons (Fsp3) is 0.200. The van der Waals surface area contributed by atoms with Gasteiger partial charge in [0.05, 0.1) is 16.2 Å². The zero-order valence-corrected chi connectivity index (χ0v) is 12.2. The molecule has 0 amide bonds. The Bertz CT molecular complexity index is 699. The third-order valence-corrected chi connectivity index (χ3v) is 4.31. The summed E-state index contributed by atoms with van der Waals surface area (Å²) in [7, 11) is -3.73. The lowest BCUT2D eigenvalue weighted by molar-refractivity contribution is 0.600. The Balaban J connectivity index is 2.28. The van der Waals surface area contributed by atoms with Gasteiger partial charge < -0.3 is 0 Å². The molecule has 0 unspecified atom stereocenters. The molecule has 1 N–H and O–H groups in total. The van der Waals surface area contributed by atoms with Crippen LogP contribution in [0, 0.1) is 0 Å². The van der Waals surface area contributed by atoms with E-state index in [4.69, 9.17) is 23.2 Å². The van der Waals surface area contributed by atoms with Crippen molar-refractivity contribution in [3.8, 4) is 0 Å². The number of hydrogen-bond donors (Lipinski definition) is 1. The van der Waals surface area contributed by atoms with Gasteiger partial charge in [0.1, 0.15) is 10.7 Å². The zero-order valence-electron chi connectivity index (χ0n) is 9.84. The fourth-order valence-corrected chi connectivity index (χ4v) is 2.53. The number of halogens is 2. The van der Waals surface area contributed by atoms with Gasteiger partial charge in [-0.1, -0.05) is 23.2 Å². The van der Waals surface area contributed by atoms with Gasteiger partial charge in [-0.25, -0.2) is 13.4 Å². The third kappa shape index (κ3) is 3.17. The summed E-state index contributed by atoms with van der Waals surface area (Å²) < 4.78 is 27.9. The molecule has 0 bridgehead atoms. The lowest BCUT2D eigenvalue weighted by Crippen LogP contribution is -2.13. The van der Waals surface area contributed by atoms with E-state index in [9.17, 15) is 8.42 Å². The number of pyridine rings is 1. The van der Waals surface area contributed by atoms with Crippen molar-refractivity contribution in [2.75, 3.05) is 4.72 Å². The summed E-state index contributed by atoms with van der Waals surface area (Å²) in [6.45, 7) is 2.44. The van der Waals surface area contributed by atoms with Gasteiger partial charge >= 0.3 is 0 Å². The Labute approximate surface area is 120 Å². The highest BCUT2D eigenvalue weighted by Gasteiger charge is 2.17. The fourth-order valence-electron chi connectivity index (χ4n) is 1.32. The number of aromatic nitrogens is 3. The van der Waals surface area contributed by atoms with Gasteiger partial charge in [0.25, 0.3) is 10.0 Å². The minimum atomic E-state index is -3.73. The topological polar surface area (TPSA) is 76.9 Å². The normalized spacial score (nSPS) is 11.5. The van der Waals surface area contributed by atoms with Crippen LogP contribution in [0.2, 0.25) is 10.0 Å². The number of rotatable bonds is 4. The molecule has 2 heterocycles. The number of anilines is 1. The number of sulfonamides is 1. The summed E-state index contributed by atoms with van der Waals surface area (Å²) in [4.78, 5) is 3.90. The van der Waals surface area contributed by atoms with Crippen molar-refractivity contribution in [3.05, 3.63) is 34.7 Å². The van der Waals surface area contributed by atoms with E-state index in [1.54, 1.807) is 0 Å². The number of hydrogen-bond acceptors (Lipinski definition) is 4. The van der Waals surface area contributed by atoms with E-state index in [2.05, 4.69) is 14.8 Å². The van der Waals surface area contributed by atoms with Crippen LogP contribution < -0.4 is 4.72 Å². The standard InChI is InChI=1S/C10H10Cl2N4O2S/c1-2-16-6-7(4-14-16)19(17,18)15-10-3-8(11)9(12)5-13-10/h3-6H,2H2,1H3,(H,13,15). The number of aryl methyl sites for hydroxylation is 1. The molecule has 0 aliphatic rings. The van der Waals surface area contributed by atoms with Crippen LogP contribution in [0.3, 0.4) is 0 Å². The van der Waals surface area contributed by atoms with Gasteiger partial charge in [-0.05, 0) is 6.92 Å². The van der Waals surface area contributed by atoms with E-state index in [0.29, 0.717) is 6.54 Å². The minimum absolute atomic E-state index is 0.0576. The van der Waals surface area contributed by atoms with Crippen LogP contribution in [0.1, 0.15) is 6.92 Å². The van der Waals surface area contributed by atoms with Gasteiger partial charge in [-0.2, -0.15) is 5.10 Å². The second kappa shape index (κ2) is 5.36. The van der Waals surface area contributed by atoms with Crippen molar-refractivity contribution < 1.29 is 8.42 Å². The molecule has 2 aromatic rings. The summed E-state index contributed by atoms with van der Waals surface area (Å²) in [5.74, 6) is 0.0960.